The van der Waals surface area contributed by atoms with E-state index in [9.17, 15) is 0 Å². The Bertz CT molecular complexity index is 504. The van der Waals surface area contributed by atoms with E-state index < -0.39 is 0 Å². The lowest BCUT2D eigenvalue weighted by Crippen LogP contribution is -1.91. The molecule has 0 aliphatic rings. The van der Waals surface area contributed by atoms with Crippen molar-refractivity contribution in [3.63, 3.8) is 0 Å². The molecule has 0 amide bonds. The van der Waals surface area contributed by atoms with E-state index in [-0.39, 0.29) is 0 Å². The first kappa shape index (κ1) is 13.1. The Hall–Kier alpha value is -1.38. The molecule has 0 heterocycles. The molecule has 0 N–H and O–H groups in total. The standard InChI is InChI=1S/C14H11Cl2O2/c1-2-17-12-3-5-13(6-4-12)18-14-8-10(15)7-11(16)9-14/h3-9H,1-2H2. The first-order chi connectivity index (χ1) is 8.67. The molecule has 18 heavy (non-hydrogen) atoms. The molecule has 4 heteroatoms. The molecule has 0 unspecified atom stereocenters. The molecule has 0 bridgehead atoms. The van der Waals surface area contributed by atoms with Gasteiger partial charge < -0.3 is 9.47 Å². The minimum absolute atomic E-state index is 0.393. The van der Waals surface area contributed by atoms with Crippen LogP contribution in [0.3, 0.4) is 0 Å². The predicted molar refractivity (Wildman–Crippen MR) is 73.8 cm³/mol. The highest BCUT2D eigenvalue weighted by Gasteiger charge is 2.01. The molecule has 0 aliphatic carbocycles. The number of hydrogen-bond acceptors (Lipinski definition) is 2. The molecule has 0 spiro atoms. The minimum atomic E-state index is 0.393. The summed E-state index contributed by atoms with van der Waals surface area (Å²) in [6, 6.07) is 12.3. The van der Waals surface area contributed by atoms with Crippen molar-refractivity contribution in [1.29, 1.82) is 0 Å². The second-order valence-electron chi connectivity index (χ2n) is 3.53. The monoisotopic (exact) mass is 281 g/mol. The van der Waals surface area contributed by atoms with Crippen LogP contribution in [0.1, 0.15) is 0 Å². The van der Waals surface area contributed by atoms with Gasteiger partial charge in [0.1, 0.15) is 17.2 Å². The van der Waals surface area contributed by atoms with Crippen molar-refractivity contribution >= 4 is 23.2 Å². The normalized spacial score (nSPS) is 10.2. The number of ether oxygens (including phenoxy) is 2. The smallest absolute Gasteiger partial charge is 0.130 e. The number of benzene rings is 2. The molecule has 0 aliphatic heterocycles. The van der Waals surface area contributed by atoms with Gasteiger partial charge in [0.15, 0.2) is 0 Å². The van der Waals surface area contributed by atoms with Crippen LogP contribution >= 0.6 is 23.2 Å². The van der Waals surface area contributed by atoms with Gasteiger partial charge in [-0.3, -0.25) is 0 Å². The molecular weight excluding hydrogens is 271 g/mol. The molecule has 0 atom stereocenters. The van der Waals surface area contributed by atoms with E-state index in [1.807, 2.05) is 12.1 Å². The predicted octanol–water partition coefficient (Wildman–Crippen LogP) is 5.00. The van der Waals surface area contributed by atoms with Crippen molar-refractivity contribution in [3.8, 4) is 17.2 Å². The SMILES string of the molecule is [CH2]COc1ccc(Oc2cc(Cl)cc(Cl)c2)cc1. The van der Waals surface area contributed by atoms with Gasteiger partial charge in [-0.05, 0) is 49.4 Å². The van der Waals surface area contributed by atoms with E-state index in [0.29, 0.717) is 28.2 Å². The van der Waals surface area contributed by atoms with Crippen LogP contribution in [0.2, 0.25) is 10.0 Å². The average molecular weight is 282 g/mol. The highest BCUT2D eigenvalue weighted by molar-refractivity contribution is 6.34. The van der Waals surface area contributed by atoms with Gasteiger partial charge in [-0.1, -0.05) is 23.2 Å². The van der Waals surface area contributed by atoms with Crippen molar-refractivity contribution in [2.75, 3.05) is 6.61 Å². The summed E-state index contributed by atoms with van der Waals surface area (Å²) in [5.74, 6) is 2.03. The van der Waals surface area contributed by atoms with Crippen LogP contribution in [0.5, 0.6) is 17.2 Å². The second-order valence-corrected chi connectivity index (χ2v) is 4.40. The molecule has 0 saturated carbocycles. The quantitative estimate of drug-likeness (QED) is 0.785. The maximum absolute atomic E-state index is 5.89. The zero-order chi connectivity index (χ0) is 13.0. The molecule has 93 valence electrons. The zero-order valence-corrected chi connectivity index (χ0v) is 11.0. The molecule has 2 rings (SSSR count). The topological polar surface area (TPSA) is 18.5 Å². The molecule has 0 saturated heterocycles. The lowest BCUT2D eigenvalue weighted by atomic mass is 10.3. The molecule has 0 aromatic heterocycles. The van der Waals surface area contributed by atoms with E-state index in [1.165, 1.54) is 0 Å². The van der Waals surface area contributed by atoms with Crippen LogP contribution in [0.25, 0.3) is 0 Å². The molecule has 1 radical (unpaired) electrons. The summed E-state index contributed by atoms with van der Waals surface area (Å²) >= 11 is 11.8. The van der Waals surface area contributed by atoms with Crippen LogP contribution in [-0.4, -0.2) is 6.61 Å². The summed E-state index contributed by atoms with van der Waals surface area (Å²) in [7, 11) is 0. The van der Waals surface area contributed by atoms with Gasteiger partial charge in [0, 0.05) is 10.0 Å². The van der Waals surface area contributed by atoms with Crippen LogP contribution in [0.15, 0.2) is 42.5 Å². The zero-order valence-electron chi connectivity index (χ0n) is 9.53. The Morgan fingerprint density at radius 3 is 1.94 bits per heavy atom. The van der Waals surface area contributed by atoms with Gasteiger partial charge in [0.05, 0.1) is 6.61 Å². The molecule has 2 nitrogen and oxygen atoms in total. The Morgan fingerprint density at radius 1 is 0.833 bits per heavy atom. The number of rotatable bonds is 4. The summed E-state index contributed by atoms with van der Waals surface area (Å²) < 4.78 is 10.9. The summed E-state index contributed by atoms with van der Waals surface area (Å²) in [6.07, 6.45) is 0. The third-order valence-corrected chi connectivity index (χ3v) is 2.60. The Labute approximate surface area is 116 Å². The molecule has 2 aromatic rings. The lowest BCUT2D eigenvalue weighted by molar-refractivity contribution is 0.360. The van der Waals surface area contributed by atoms with E-state index in [0.717, 1.165) is 5.75 Å². The summed E-state index contributed by atoms with van der Waals surface area (Å²) in [5, 5.41) is 1.07. The fourth-order valence-corrected chi connectivity index (χ4v) is 1.95. The number of hydrogen-bond donors (Lipinski definition) is 0. The van der Waals surface area contributed by atoms with Gasteiger partial charge in [0.2, 0.25) is 0 Å². The third kappa shape index (κ3) is 3.56. The van der Waals surface area contributed by atoms with Gasteiger partial charge in [-0.2, -0.15) is 0 Å². The Balaban J connectivity index is 2.13. The largest absolute Gasteiger partial charge is 0.494 e. The molecule has 0 fully saturated rings. The number of halogens is 2. The van der Waals surface area contributed by atoms with Gasteiger partial charge >= 0.3 is 0 Å². The lowest BCUT2D eigenvalue weighted by Gasteiger charge is -2.08. The van der Waals surface area contributed by atoms with Crippen LogP contribution in [0, 0.1) is 6.92 Å². The van der Waals surface area contributed by atoms with Crippen molar-refractivity contribution in [2.24, 2.45) is 0 Å². The van der Waals surface area contributed by atoms with Crippen LogP contribution < -0.4 is 9.47 Å². The summed E-state index contributed by atoms with van der Waals surface area (Å²) in [6.45, 7) is 4.00. The summed E-state index contributed by atoms with van der Waals surface area (Å²) in [4.78, 5) is 0. The Kier molecular flexibility index (Phi) is 4.34. The second kappa shape index (κ2) is 5.98. The first-order valence-corrected chi connectivity index (χ1v) is 6.09. The highest BCUT2D eigenvalue weighted by atomic mass is 35.5. The molecule has 2 aromatic carbocycles. The summed E-state index contributed by atoms with van der Waals surface area (Å²) in [5.41, 5.74) is 0. The van der Waals surface area contributed by atoms with Gasteiger partial charge in [-0.15, -0.1) is 0 Å². The van der Waals surface area contributed by atoms with Gasteiger partial charge in [0.25, 0.3) is 0 Å². The van der Waals surface area contributed by atoms with Crippen LogP contribution in [-0.2, 0) is 0 Å². The maximum atomic E-state index is 5.89. The Morgan fingerprint density at radius 2 is 1.39 bits per heavy atom. The van der Waals surface area contributed by atoms with Crippen molar-refractivity contribution < 1.29 is 9.47 Å². The fourth-order valence-electron chi connectivity index (χ4n) is 1.45. The van der Waals surface area contributed by atoms with Gasteiger partial charge in [-0.25, -0.2) is 0 Å². The van der Waals surface area contributed by atoms with Crippen LogP contribution in [0.4, 0.5) is 0 Å². The van der Waals surface area contributed by atoms with E-state index >= 15 is 0 Å². The molecular formula is C14H11Cl2O2. The fraction of sp³-hybridized carbons (Fsp3) is 0.0714. The minimum Gasteiger partial charge on any atom is -0.494 e. The van der Waals surface area contributed by atoms with E-state index in [4.69, 9.17) is 32.7 Å². The van der Waals surface area contributed by atoms with Crippen molar-refractivity contribution in [2.45, 2.75) is 0 Å². The van der Waals surface area contributed by atoms with Crippen molar-refractivity contribution in [1.82, 2.24) is 0 Å². The third-order valence-electron chi connectivity index (χ3n) is 2.16. The van der Waals surface area contributed by atoms with E-state index in [2.05, 4.69) is 6.92 Å². The maximum Gasteiger partial charge on any atom is 0.130 e. The first-order valence-electron chi connectivity index (χ1n) is 5.33. The van der Waals surface area contributed by atoms with Crippen molar-refractivity contribution in [3.05, 3.63) is 59.4 Å². The highest BCUT2D eigenvalue weighted by Crippen LogP contribution is 2.29. The average Bonchev–Trinajstić information content (AvgIpc) is 2.31. The van der Waals surface area contributed by atoms with E-state index in [1.54, 1.807) is 30.3 Å².